The standard InChI is InChI=1S/C10H10ClN3/c1-8(11)10-7-14(13-12-10)9-5-3-2-4-6-9/h2-8H,1H3/t8-/m1/s1. The summed E-state index contributed by atoms with van der Waals surface area (Å²) in [5.74, 6) is 0. The van der Waals surface area contributed by atoms with E-state index in [1.54, 1.807) is 4.68 Å². The summed E-state index contributed by atoms with van der Waals surface area (Å²) in [5, 5.41) is 7.86. The van der Waals surface area contributed by atoms with E-state index in [1.165, 1.54) is 0 Å². The van der Waals surface area contributed by atoms with Gasteiger partial charge in [0.15, 0.2) is 0 Å². The number of nitrogens with zero attached hydrogens (tertiary/aromatic N) is 3. The molecule has 0 radical (unpaired) electrons. The molecule has 2 aromatic rings. The minimum absolute atomic E-state index is 0.104. The number of aromatic nitrogens is 3. The normalized spacial score (nSPS) is 12.7. The quantitative estimate of drug-likeness (QED) is 0.709. The Kier molecular flexibility index (Phi) is 2.50. The SMILES string of the molecule is C[C@@H](Cl)c1cn(-c2ccccc2)nn1. The molecule has 0 aliphatic carbocycles. The highest BCUT2D eigenvalue weighted by Gasteiger charge is 2.06. The zero-order valence-electron chi connectivity index (χ0n) is 7.76. The smallest absolute Gasteiger partial charge is 0.101 e. The Bertz CT molecular complexity index is 408. The first-order chi connectivity index (χ1) is 6.77. The highest BCUT2D eigenvalue weighted by molar-refractivity contribution is 6.20. The van der Waals surface area contributed by atoms with Crippen molar-refractivity contribution < 1.29 is 0 Å². The molecule has 0 saturated carbocycles. The largest absolute Gasteiger partial charge is 0.220 e. The number of benzene rings is 1. The lowest BCUT2D eigenvalue weighted by Crippen LogP contribution is -1.93. The molecule has 0 amide bonds. The van der Waals surface area contributed by atoms with Gasteiger partial charge in [-0.2, -0.15) is 0 Å². The molecule has 0 bridgehead atoms. The van der Waals surface area contributed by atoms with E-state index in [2.05, 4.69) is 10.3 Å². The second-order valence-electron chi connectivity index (χ2n) is 3.04. The first-order valence-electron chi connectivity index (χ1n) is 4.39. The van der Waals surface area contributed by atoms with Crippen LogP contribution in [0.25, 0.3) is 5.69 Å². The van der Waals surface area contributed by atoms with Crippen molar-refractivity contribution >= 4 is 11.6 Å². The van der Waals surface area contributed by atoms with Gasteiger partial charge in [-0.05, 0) is 19.1 Å². The van der Waals surface area contributed by atoms with E-state index in [4.69, 9.17) is 11.6 Å². The summed E-state index contributed by atoms with van der Waals surface area (Å²) in [7, 11) is 0. The number of hydrogen-bond donors (Lipinski definition) is 0. The van der Waals surface area contributed by atoms with Gasteiger partial charge < -0.3 is 0 Å². The summed E-state index contributed by atoms with van der Waals surface area (Å²) in [5.41, 5.74) is 1.78. The molecule has 4 heteroatoms. The van der Waals surface area contributed by atoms with Gasteiger partial charge in [0.05, 0.1) is 17.3 Å². The fraction of sp³-hybridized carbons (Fsp3) is 0.200. The Morgan fingerprint density at radius 2 is 2.00 bits per heavy atom. The molecular formula is C10H10ClN3. The predicted molar refractivity (Wildman–Crippen MR) is 55.6 cm³/mol. The van der Waals surface area contributed by atoms with E-state index in [9.17, 15) is 0 Å². The molecule has 72 valence electrons. The summed E-state index contributed by atoms with van der Waals surface area (Å²) >= 11 is 5.89. The van der Waals surface area contributed by atoms with Crippen molar-refractivity contribution in [1.82, 2.24) is 15.0 Å². The van der Waals surface area contributed by atoms with Gasteiger partial charge in [0.1, 0.15) is 5.69 Å². The average Bonchev–Trinajstić information content (AvgIpc) is 2.68. The second-order valence-corrected chi connectivity index (χ2v) is 3.69. The van der Waals surface area contributed by atoms with Gasteiger partial charge in [0, 0.05) is 0 Å². The molecule has 0 aliphatic rings. The highest BCUT2D eigenvalue weighted by Crippen LogP contribution is 2.16. The summed E-state index contributed by atoms with van der Waals surface area (Å²) in [6.07, 6.45) is 1.84. The maximum atomic E-state index is 5.89. The van der Waals surface area contributed by atoms with Crippen molar-refractivity contribution in [2.45, 2.75) is 12.3 Å². The van der Waals surface area contributed by atoms with Crippen LogP contribution >= 0.6 is 11.6 Å². The van der Waals surface area contributed by atoms with Gasteiger partial charge in [-0.1, -0.05) is 23.4 Å². The molecule has 1 heterocycles. The molecule has 1 aromatic heterocycles. The third-order valence-electron chi connectivity index (χ3n) is 1.94. The monoisotopic (exact) mass is 207 g/mol. The van der Waals surface area contributed by atoms with Crippen molar-refractivity contribution in [2.75, 3.05) is 0 Å². The molecule has 0 fully saturated rings. The molecule has 3 nitrogen and oxygen atoms in total. The third-order valence-corrected chi connectivity index (χ3v) is 2.16. The van der Waals surface area contributed by atoms with Gasteiger partial charge in [0.2, 0.25) is 0 Å². The van der Waals surface area contributed by atoms with Crippen molar-refractivity contribution in [3.05, 3.63) is 42.2 Å². The molecule has 0 aliphatic heterocycles. The van der Waals surface area contributed by atoms with Crippen LogP contribution < -0.4 is 0 Å². The van der Waals surface area contributed by atoms with Crippen molar-refractivity contribution in [1.29, 1.82) is 0 Å². The predicted octanol–water partition coefficient (Wildman–Crippen LogP) is 2.57. The van der Waals surface area contributed by atoms with E-state index in [-0.39, 0.29) is 5.38 Å². The van der Waals surface area contributed by atoms with Crippen LogP contribution in [-0.4, -0.2) is 15.0 Å². The molecule has 2 rings (SSSR count). The number of alkyl halides is 1. The van der Waals surface area contributed by atoms with E-state index in [0.717, 1.165) is 11.4 Å². The molecule has 14 heavy (non-hydrogen) atoms. The topological polar surface area (TPSA) is 30.7 Å². The zero-order chi connectivity index (χ0) is 9.97. The van der Waals surface area contributed by atoms with E-state index in [1.807, 2.05) is 43.5 Å². The van der Waals surface area contributed by atoms with Gasteiger partial charge in [0.25, 0.3) is 0 Å². The Balaban J connectivity index is 2.34. The lowest BCUT2D eigenvalue weighted by Gasteiger charge is -1.97. The molecule has 0 saturated heterocycles. The van der Waals surface area contributed by atoms with Gasteiger partial charge in [-0.25, -0.2) is 4.68 Å². The van der Waals surface area contributed by atoms with Crippen LogP contribution in [0.15, 0.2) is 36.5 Å². The van der Waals surface area contributed by atoms with E-state index in [0.29, 0.717) is 0 Å². The first kappa shape index (κ1) is 9.21. The van der Waals surface area contributed by atoms with Crippen molar-refractivity contribution in [3.63, 3.8) is 0 Å². The Morgan fingerprint density at radius 1 is 1.29 bits per heavy atom. The maximum absolute atomic E-state index is 5.89. The van der Waals surface area contributed by atoms with Crippen LogP contribution in [0, 0.1) is 0 Å². The second kappa shape index (κ2) is 3.80. The molecule has 0 spiro atoms. The molecular weight excluding hydrogens is 198 g/mol. The summed E-state index contributed by atoms with van der Waals surface area (Å²) in [6.45, 7) is 1.88. The Morgan fingerprint density at radius 3 is 2.57 bits per heavy atom. The van der Waals surface area contributed by atoms with Crippen LogP contribution in [0.1, 0.15) is 18.0 Å². The fourth-order valence-electron chi connectivity index (χ4n) is 1.17. The molecule has 0 unspecified atom stereocenters. The van der Waals surface area contributed by atoms with Gasteiger partial charge in [-0.3, -0.25) is 0 Å². The van der Waals surface area contributed by atoms with Crippen LogP contribution in [-0.2, 0) is 0 Å². The number of rotatable bonds is 2. The van der Waals surface area contributed by atoms with E-state index < -0.39 is 0 Å². The Labute approximate surface area is 87.3 Å². The van der Waals surface area contributed by atoms with Crippen molar-refractivity contribution in [2.24, 2.45) is 0 Å². The number of para-hydroxylation sites is 1. The zero-order valence-corrected chi connectivity index (χ0v) is 8.52. The third kappa shape index (κ3) is 1.77. The average molecular weight is 208 g/mol. The van der Waals surface area contributed by atoms with Crippen LogP contribution in [0.4, 0.5) is 0 Å². The fourth-order valence-corrected chi connectivity index (χ4v) is 1.27. The summed E-state index contributed by atoms with van der Waals surface area (Å²) in [4.78, 5) is 0. The van der Waals surface area contributed by atoms with E-state index >= 15 is 0 Å². The minimum Gasteiger partial charge on any atom is -0.220 e. The number of halogens is 1. The molecule has 0 N–H and O–H groups in total. The first-order valence-corrected chi connectivity index (χ1v) is 4.83. The summed E-state index contributed by atoms with van der Waals surface area (Å²) < 4.78 is 1.72. The van der Waals surface area contributed by atoms with Gasteiger partial charge >= 0.3 is 0 Å². The van der Waals surface area contributed by atoms with Crippen LogP contribution in [0.3, 0.4) is 0 Å². The molecule has 1 aromatic carbocycles. The lowest BCUT2D eigenvalue weighted by atomic mass is 10.3. The van der Waals surface area contributed by atoms with Gasteiger partial charge in [-0.15, -0.1) is 16.7 Å². The minimum atomic E-state index is -0.104. The van der Waals surface area contributed by atoms with Crippen LogP contribution in [0.2, 0.25) is 0 Å². The Hall–Kier alpha value is -1.35. The van der Waals surface area contributed by atoms with Crippen LogP contribution in [0.5, 0.6) is 0 Å². The summed E-state index contributed by atoms with van der Waals surface area (Å²) in [6, 6.07) is 9.82. The molecule has 1 atom stereocenters. The maximum Gasteiger partial charge on any atom is 0.101 e. The van der Waals surface area contributed by atoms with Crippen molar-refractivity contribution in [3.8, 4) is 5.69 Å². The lowest BCUT2D eigenvalue weighted by molar-refractivity contribution is 0.796. The number of hydrogen-bond acceptors (Lipinski definition) is 2. The highest BCUT2D eigenvalue weighted by atomic mass is 35.5.